The highest BCUT2D eigenvalue weighted by molar-refractivity contribution is 7.91. The van der Waals surface area contributed by atoms with Crippen LogP contribution in [0.3, 0.4) is 0 Å². The van der Waals surface area contributed by atoms with Crippen LogP contribution >= 0.6 is 0 Å². The first-order chi connectivity index (χ1) is 13.0. The number of sulfone groups is 1. The van der Waals surface area contributed by atoms with E-state index in [1.54, 1.807) is 48.5 Å². The van der Waals surface area contributed by atoms with Gasteiger partial charge in [-0.2, -0.15) is 5.26 Å². The lowest BCUT2D eigenvalue weighted by atomic mass is 10.0. The van der Waals surface area contributed by atoms with Crippen LogP contribution in [0.5, 0.6) is 0 Å². The molecule has 6 heteroatoms. The van der Waals surface area contributed by atoms with Crippen molar-refractivity contribution in [2.24, 2.45) is 0 Å². The molecule has 0 unspecified atom stereocenters. The van der Waals surface area contributed by atoms with Crippen molar-refractivity contribution in [3.8, 4) is 6.07 Å². The summed E-state index contributed by atoms with van der Waals surface area (Å²) in [5, 5.41) is 11.4. The van der Waals surface area contributed by atoms with E-state index in [0.29, 0.717) is 22.4 Å². The molecular weight excluding hydrogens is 360 g/mol. The molecule has 0 aliphatic heterocycles. The monoisotopic (exact) mass is 382 g/mol. The van der Waals surface area contributed by atoms with Gasteiger partial charge in [-0.25, -0.2) is 8.42 Å². The molecule has 1 aliphatic rings. The van der Waals surface area contributed by atoms with Gasteiger partial charge in [0.2, 0.25) is 0 Å². The number of hydrogen-bond acceptors (Lipinski definition) is 4. The number of amides is 1. The fourth-order valence-electron chi connectivity index (χ4n) is 3.41. The first kappa shape index (κ1) is 19.1. The molecule has 0 atom stereocenters. The van der Waals surface area contributed by atoms with Crippen LogP contribution in [-0.2, 0) is 15.6 Å². The molecule has 2 aromatic carbocycles. The van der Waals surface area contributed by atoms with Gasteiger partial charge in [-0.15, -0.1) is 0 Å². The smallest absolute Gasteiger partial charge is 0.255 e. The van der Waals surface area contributed by atoms with Gasteiger partial charge in [-0.3, -0.25) is 4.79 Å². The Kier molecular flexibility index (Phi) is 5.92. The molecule has 140 valence electrons. The predicted octanol–water partition coefficient (Wildman–Crippen LogP) is 4.06. The molecule has 5 nitrogen and oxygen atoms in total. The van der Waals surface area contributed by atoms with Gasteiger partial charge < -0.3 is 5.32 Å². The zero-order valence-corrected chi connectivity index (χ0v) is 15.8. The normalized spacial score (nSPS) is 15.1. The molecule has 0 spiro atoms. The molecule has 0 aromatic heterocycles. The second-order valence-electron chi connectivity index (χ2n) is 6.91. The molecular formula is C21H22N2O3S. The van der Waals surface area contributed by atoms with Gasteiger partial charge in [-0.1, -0.05) is 31.4 Å². The van der Waals surface area contributed by atoms with E-state index in [9.17, 15) is 13.2 Å². The van der Waals surface area contributed by atoms with Crippen LogP contribution in [0.25, 0.3) is 0 Å². The molecule has 1 N–H and O–H groups in total. The molecule has 1 fully saturated rings. The van der Waals surface area contributed by atoms with Crippen LogP contribution in [0.15, 0.2) is 48.5 Å². The highest BCUT2D eigenvalue weighted by atomic mass is 32.2. The Bertz CT molecular complexity index is 954. The number of rotatable bonds is 5. The van der Waals surface area contributed by atoms with Gasteiger partial charge in [0, 0.05) is 11.3 Å². The summed E-state index contributed by atoms with van der Waals surface area (Å²) in [4.78, 5) is 12.3. The summed E-state index contributed by atoms with van der Waals surface area (Å²) in [6.07, 6.45) is 4.56. The zero-order valence-electron chi connectivity index (χ0n) is 15.0. The van der Waals surface area contributed by atoms with Crippen molar-refractivity contribution in [1.29, 1.82) is 5.26 Å². The maximum Gasteiger partial charge on any atom is 0.255 e. The number of nitrogens with one attached hydrogen (secondary N) is 1. The Balaban J connectivity index is 1.69. The lowest BCUT2D eigenvalue weighted by Gasteiger charge is -2.21. The predicted molar refractivity (Wildman–Crippen MR) is 105 cm³/mol. The lowest BCUT2D eigenvalue weighted by molar-refractivity contribution is 0.102. The van der Waals surface area contributed by atoms with Crippen LogP contribution in [0.2, 0.25) is 0 Å². The van der Waals surface area contributed by atoms with Crippen molar-refractivity contribution in [3.63, 3.8) is 0 Å². The summed E-state index contributed by atoms with van der Waals surface area (Å²) in [5.41, 5.74) is 2.16. The zero-order chi connectivity index (χ0) is 19.3. The van der Waals surface area contributed by atoms with Crippen LogP contribution in [0, 0.1) is 11.3 Å². The van der Waals surface area contributed by atoms with Gasteiger partial charge in [-0.05, 0) is 54.8 Å². The van der Waals surface area contributed by atoms with Crippen molar-refractivity contribution in [1.82, 2.24) is 0 Å². The molecule has 0 heterocycles. The number of benzene rings is 2. The maximum atomic E-state index is 12.7. The average Bonchev–Trinajstić information content (AvgIpc) is 2.68. The molecule has 2 aromatic rings. The summed E-state index contributed by atoms with van der Waals surface area (Å²) in [6.45, 7) is 0. The van der Waals surface area contributed by atoms with Crippen molar-refractivity contribution in [3.05, 3.63) is 65.2 Å². The minimum absolute atomic E-state index is 0.00174. The Morgan fingerprint density at radius 3 is 2.44 bits per heavy atom. The number of hydrogen-bond donors (Lipinski definition) is 1. The van der Waals surface area contributed by atoms with Crippen molar-refractivity contribution < 1.29 is 13.2 Å². The van der Waals surface area contributed by atoms with Crippen molar-refractivity contribution in [2.75, 3.05) is 5.32 Å². The van der Waals surface area contributed by atoms with Crippen LogP contribution in [-0.4, -0.2) is 19.6 Å². The molecule has 1 aliphatic carbocycles. The molecule has 0 radical (unpaired) electrons. The van der Waals surface area contributed by atoms with Gasteiger partial charge in [0.15, 0.2) is 9.84 Å². The summed E-state index contributed by atoms with van der Waals surface area (Å²) < 4.78 is 25.3. The summed E-state index contributed by atoms with van der Waals surface area (Å²) in [5.74, 6) is -0.301. The van der Waals surface area contributed by atoms with E-state index >= 15 is 0 Å². The van der Waals surface area contributed by atoms with Crippen molar-refractivity contribution in [2.45, 2.75) is 43.1 Å². The molecule has 1 amide bonds. The third-order valence-electron chi connectivity index (χ3n) is 4.89. The van der Waals surface area contributed by atoms with Crippen LogP contribution in [0.1, 0.15) is 53.6 Å². The fraction of sp³-hybridized carbons (Fsp3) is 0.333. The van der Waals surface area contributed by atoms with E-state index in [1.807, 2.05) is 6.07 Å². The maximum absolute atomic E-state index is 12.7. The molecule has 1 saturated carbocycles. The first-order valence-corrected chi connectivity index (χ1v) is 10.8. The van der Waals surface area contributed by atoms with Gasteiger partial charge in [0.1, 0.15) is 0 Å². The lowest BCUT2D eigenvalue weighted by Crippen LogP contribution is -2.25. The second-order valence-corrected chi connectivity index (χ2v) is 9.19. The van der Waals surface area contributed by atoms with Crippen molar-refractivity contribution >= 4 is 21.4 Å². The number of anilines is 1. The number of nitrogens with zero attached hydrogens (tertiary/aromatic N) is 1. The summed E-state index contributed by atoms with van der Waals surface area (Å²) in [6, 6.07) is 15.3. The van der Waals surface area contributed by atoms with E-state index in [0.717, 1.165) is 32.1 Å². The highest BCUT2D eigenvalue weighted by Crippen LogP contribution is 2.26. The number of carbonyl (C=O) groups is 1. The van der Waals surface area contributed by atoms with Crippen LogP contribution < -0.4 is 5.32 Å². The van der Waals surface area contributed by atoms with E-state index in [4.69, 9.17) is 5.26 Å². The van der Waals surface area contributed by atoms with E-state index in [2.05, 4.69) is 5.32 Å². The Labute approximate surface area is 159 Å². The number of nitriles is 1. The minimum Gasteiger partial charge on any atom is -0.322 e. The Hall–Kier alpha value is -2.65. The van der Waals surface area contributed by atoms with Gasteiger partial charge in [0.05, 0.1) is 22.6 Å². The minimum atomic E-state index is -3.18. The van der Waals surface area contributed by atoms with E-state index in [1.165, 1.54) is 0 Å². The van der Waals surface area contributed by atoms with Gasteiger partial charge in [0.25, 0.3) is 5.91 Å². The van der Waals surface area contributed by atoms with Gasteiger partial charge >= 0.3 is 0 Å². The summed E-state index contributed by atoms with van der Waals surface area (Å²) in [7, 11) is -3.18. The fourth-order valence-corrected chi connectivity index (χ4v) is 5.34. The molecule has 27 heavy (non-hydrogen) atoms. The van der Waals surface area contributed by atoms with Crippen LogP contribution in [0.4, 0.5) is 5.69 Å². The number of carbonyl (C=O) groups excluding carboxylic acids is 1. The average molecular weight is 382 g/mol. The quantitative estimate of drug-likeness (QED) is 0.845. The van der Waals surface area contributed by atoms with E-state index in [-0.39, 0.29) is 16.9 Å². The second kappa shape index (κ2) is 8.36. The topological polar surface area (TPSA) is 87.0 Å². The summed E-state index contributed by atoms with van der Waals surface area (Å²) >= 11 is 0. The molecule has 0 saturated heterocycles. The molecule has 0 bridgehead atoms. The van der Waals surface area contributed by atoms with E-state index < -0.39 is 9.84 Å². The standard InChI is InChI=1S/C21H22N2O3S/c22-14-16-9-11-18(12-10-16)21(24)23-19-6-4-5-17(13-19)15-27(25,26)20-7-2-1-3-8-20/h4-6,9-13,20H,1-3,7-8,15H2,(H,23,24). The Morgan fingerprint density at radius 2 is 1.78 bits per heavy atom. The third-order valence-corrected chi connectivity index (χ3v) is 7.11. The largest absolute Gasteiger partial charge is 0.322 e. The first-order valence-electron chi connectivity index (χ1n) is 9.10. The highest BCUT2D eigenvalue weighted by Gasteiger charge is 2.27. The third kappa shape index (κ3) is 4.95. The Morgan fingerprint density at radius 1 is 1.07 bits per heavy atom. The molecule has 3 rings (SSSR count). The SMILES string of the molecule is N#Cc1ccc(C(=O)Nc2cccc(CS(=O)(=O)C3CCCCC3)c2)cc1.